The van der Waals surface area contributed by atoms with Crippen molar-refractivity contribution in [3.63, 3.8) is 0 Å². The Morgan fingerprint density at radius 3 is 2.53 bits per heavy atom. The third-order valence-electron chi connectivity index (χ3n) is 2.35. The molecule has 1 atom stereocenters. The first-order valence-electron chi connectivity index (χ1n) is 5.26. The van der Waals surface area contributed by atoms with Crippen LogP contribution in [0.2, 0.25) is 0 Å². The molecule has 0 saturated heterocycles. The van der Waals surface area contributed by atoms with Crippen molar-refractivity contribution in [2.75, 3.05) is 0 Å². The van der Waals surface area contributed by atoms with Gasteiger partial charge in [0.1, 0.15) is 0 Å². The maximum absolute atomic E-state index is 6.27. The number of hydrogen-bond donors (Lipinski definition) is 0. The molecule has 86 valence electrons. The van der Waals surface area contributed by atoms with E-state index in [1.54, 1.807) is 7.05 Å². The van der Waals surface area contributed by atoms with Gasteiger partial charge in [0, 0.05) is 11.8 Å². The van der Waals surface area contributed by atoms with Crippen LogP contribution in [0.3, 0.4) is 0 Å². The number of rotatable bonds is 4. The first kappa shape index (κ1) is 12.4. The number of nitrogens with zero attached hydrogens (tertiary/aromatic N) is 4. The predicted octanol–water partition coefficient (Wildman–Crippen LogP) is 2.19. The number of tetrazole rings is 1. The number of alkyl halides is 1. The maximum Gasteiger partial charge on any atom is 0.174 e. The Balaban J connectivity index is 2.28. The second-order valence-electron chi connectivity index (χ2n) is 4.92. The fraction of sp³-hybridized carbons (Fsp3) is 0.900. The van der Waals surface area contributed by atoms with Gasteiger partial charge in [0.2, 0.25) is 0 Å². The van der Waals surface area contributed by atoms with Crippen molar-refractivity contribution in [2.24, 2.45) is 12.5 Å². The number of hydrogen-bond acceptors (Lipinski definition) is 3. The minimum atomic E-state index is 0.164. The monoisotopic (exact) mass is 230 g/mol. The van der Waals surface area contributed by atoms with Crippen molar-refractivity contribution >= 4 is 11.6 Å². The van der Waals surface area contributed by atoms with E-state index in [0.29, 0.717) is 0 Å². The molecule has 4 nitrogen and oxygen atoms in total. The van der Waals surface area contributed by atoms with Crippen LogP contribution in [-0.4, -0.2) is 25.6 Å². The van der Waals surface area contributed by atoms with Crippen LogP contribution in [0.1, 0.15) is 39.4 Å². The molecular weight excluding hydrogens is 212 g/mol. The molecule has 0 N–H and O–H groups in total. The molecule has 15 heavy (non-hydrogen) atoms. The average Bonchev–Trinajstić information content (AvgIpc) is 2.49. The van der Waals surface area contributed by atoms with E-state index < -0.39 is 0 Å². The van der Waals surface area contributed by atoms with Crippen molar-refractivity contribution in [3.8, 4) is 0 Å². The van der Waals surface area contributed by atoms with Gasteiger partial charge in [-0.3, -0.25) is 0 Å². The topological polar surface area (TPSA) is 43.6 Å². The van der Waals surface area contributed by atoms with Crippen molar-refractivity contribution in [1.29, 1.82) is 0 Å². The molecule has 0 aromatic carbocycles. The zero-order chi connectivity index (χ0) is 11.5. The van der Waals surface area contributed by atoms with E-state index in [2.05, 4.69) is 36.2 Å². The third-order valence-corrected chi connectivity index (χ3v) is 3.22. The second-order valence-corrected chi connectivity index (χ2v) is 5.45. The Morgan fingerprint density at radius 1 is 1.40 bits per heavy atom. The Kier molecular flexibility index (Phi) is 4.08. The third kappa shape index (κ3) is 4.16. The first-order valence-corrected chi connectivity index (χ1v) is 5.70. The molecule has 1 heterocycles. The Labute approximate surface area is 96.0 Å². The lowest BCUT2D eigenvalue weighted by Gasteiger charge is -2.24. The SMILES string of the molecule is Cn1nnc(CCCC(Cl)C(C)(C)C)n1. The van der Waals surface area contributed by atoms with E-state index in [1.165, 1.54) is 4.80 Å². The summed E-state index contributed by atoms with van der Waals surface area (Å²) in [7, 11) is 1.77. The van der Waals surface area contributed by atoms with Gasteiger partial charge >= 0.3 is 0 Å². The molecule has 1 unspecified atom stereocenters. The van der Waals surface area contributed by atoms with Gasteiger partial charge < -0.3 is 0 Å². The van der Waals surface area contributed by atoms with E-state index >= 15 is 0 Å². The van der Waals surface area contributed by atoms with Crippen molar-refractivity contribution < 1.29 is 0 Å². The van der Waals surface area contributed by atoms with E-state index in [0.717, 1.165) is 25.1 Å². The highest BCUT2D eigenvalue weighted by atomic mass is 35.5. The van der Waals surface area contributed by atoms with Gasteiger partial charge in [-0.1, -0.05) is 20.8 Å². The molecule has 0 fully saturated rings. The Bertz CT molecular complexity index is 303. The van der Waals surface area contributed by atoms with Crippen LogP contribution < -0.4 is 0 Å². The molecule has 0 aliphatic rings. The molecule has 0 aliphatic carbocycles. The first-order chi connectivity index (χ1) is 6.89. The van der Waals surface area contributed by atoms with Crippen molar-refractivity contribution in [2.45, 2.75) is 45.4 Å². The van der Waals surface area contributed by atoms with Crippen LogP contribution in [0.25, 0.3) is 0 Å². The number of aromatic nitrogens is 4. The highest BCUT2D eigenvalue weighted by molar-refractivity contribution is 6.21. The molecule has 0 spiro atoms. The van der Waals surface area contributed by atoms with Gasteiger partial charge in [-0.25, -0.2) is 0 Å². The van der Waals surface area contributed by atoms with E-state index in [1.807, 2.05) is 0 Å². The molecule has 0 amide bonds. The quantitative estimate of drug-likeness (QED) is 0.745. The minimum Gasteiger partial charge on any atom is -0.167 e. The zero-order valence-corrected chi connectivity index (χ0v) is 10.6. The molecule has 0 radical (unpaired) electrons. The minimum absolute atomic E-state index is 0.164. The highest BCUT2D eigenvalue weighted by Gasteiger charge is 2.21. The van der Waals surface area contributed by atoms with Gasteiger partial charge in [0.15, 0.2) is 5.82 Å². The van der Waals surface area contributed by atoms with Crippen LogP contribution in [0, 0.1) is 5.41 Å². The number of halogens is 1. The van der Waals surface area contributed by atoms with E-state index in [-0.39, 0.29) is 10.8 Å². The summed E-state index contributed by atoms with van der Waals surface area (Å²) in [6.45, 7) is 6.47. The molecule has 1 rings (SSSR count). The molecule has 0 aliphatic heterocycles. The van der Waals surface area contributed by atoms with Crippen LogP contribution in [0.15, 0.2) is 0 Å². The smallest absolute Gasteiger partial charge is 0.167 e. The molecule has 0 bridgehead atoms. The van der Waals surface area contributed by atoms with Crippen LogP contribution in [-0.2, 0) is 13.5 Å². The van der Waals surface area contributed by atoms with Gasteiger partial charge in [0.25, 0.3) is 0 Å². The Morgan fingerprint density at radius 2 is 2.07 bits per heavy atom. The zero-order valence-electron chi connectivity index (χ0n) is 9.87. The largest absolute Gasteiger partial charge is 0.174 e. The maximum atomic E-state index is 6.27. The van der Waals surface area contributed by atoms with Crippen LogP contribution >= 0.6 is 11.6 Å². The molecule has 0 saturated carbocycles. The van der Waals surface area contributed by atoms with Gasteiger partial charge in [0.05, 0.1) is 7.05 Å². The normalized spacial score (nSPS) is 14.2. The lowest BCUT2D eigenvalue weighted by molar-refractivity contribution is 0.368. The lowest BCUT2D eigenvalue weighted by atomic mass is 9.89. The summed E-state index contributed by atoms with van der Waals surface area (Å²) in [6.07, 6.45) is 2.85. The summed E-state index contributed by atoms with van der Waals surface area (Å²) in [5.74, 6) is 0.801. The van der Waals surface area contributed by atoms with Crippen LogP contribution in [0.5, 0.6) is 0 Å². The summed E-state index contributed by atoms with van der Waals surface area (Å²) in [5, 5.41) is 12.0. The predicted molar refractivity (Wildman–Crippen MR) is 60.8 cm³/mol. The second kappa shape index (κ2) is 4.92. The van der Waals surface area contributed by atoms with Gasteiger partial charge in [-0.15, -0.1) is 21.8 Å². The van der Waals surface area contributed by atoms with E-state index in [9.17, 15) is 0 Å². The number of aryl methyl sites for hydroxylation is 2. The standard InChI is InChI=1S/C10H19ClN4/c1-10(2,3)8(11)6-5-7-9-12-14-15(4)13-9/h8H,5-7H2,1-4H3. The summed E-state index contributed by atoms with van der Waals surface area (Å²) < 4.78 is 0. The average molecular weight is 231 g/mol. The fourth-order valence-electron chi connectivity index (χ4n) is 1.30. The van der Waals surface area contributed by atoms with Gasteiger partial charge in [-0.05, 0) is 23.5 Å². The van der Waals surface area contributed by atoms with Crippen molar-refractivity contribution in [1.82, 2.24) is 20.2 Å². The summed E-state index contributed by atoms with van der Waals surface area (Å²) in [4.78, 5) is 1.48. The van der Waals surface area contributed by atoms with Gasteiger partial charge in [-0.2, -0.15) is 4.80 Å². The molecule has 1 aromatic rings. The fourth-order valence-corrected chi connectivity index (χ4v) is 1.45. The Hall–Kier alpha value is -0.640. The summed E-state index contributed by atoms with van der Waals surface area (Å²) >= 11 is 6.27. The molecule has 5 heteroatoms. The molecular formula is C10H19ClN4. The molecule has 1 aromatic heterocycles. The summed E-state index contributed by atoms with van der Waals surface area (Å²) in [5.41, 5.74) is 0.164. The summed E-state index contributed by atoms with van der Waals surface area (Å²) in [6, 6.07) is 0. The van der Waals surface area contributed by atoms with Crippen molar-refractivity contribution in [3.05, 3.63) is 5.82 Å². The van der Waals surface area contributed by atoms with E-state index in [4.69, 9.17) is 11.6 Å². The van der Waals surface area contributed by atoms with Crippen LogP contribution in [0.4, 0.5) is 0 Å². The lowest BCUT2D eigenvalue weighted by Crippen LogP contribution is -2.20. The highest BCUT2D eigenvalue weighted by Crippen LogP contribution is 2.28.